The molecule has 0 unspecified atom stereocenters. The van der Waals surface area contributed by atoms with E-state index in [9.17, 15) is 9.90 Å². The van der Waals surface area contributed by atoms with E-state index in [0.717, 1.165) is 0 Å². The monoisotopic (exact) mass is 249 g/mol. The summed E-state index contributed by atoms with van der Waals surface area (Å²) in [6, 6.07) is 7.22. The van der Waals surface area contributed by atoms with Crippen LogP contribution in [0, 0.1) is 0 Å². The predicted molar refractivity (Wildman–Crippen MR) is 68.8 cm³/mol. The number of para-hydroxylation sites is 1. The lowest BCUT2D eigenvalue weighted by Crippen LogP contribution is -2.63. The van der Waals surface area contributed by atoms with Gasteiger partial charge in [-0.05, 0) is 25.5 Å². The number of likely N-dealkylation sites (tertiary alicyclic amines) is 1. The van der Waals surface area contributed by atoms with Crippen LogP contribution in [0.15, 0.2) is 24.3 Å². The van der Waals surface area contributed by atoms with E-state index in [1.165, 1.54) is 0 Å². The maximum atomic E-state index is 12.3. The summed E-state index contributed by atoms with van der Waals surface area (Å²) in [5.41, 5.74) is -0.131. The van der Waals surface area contributed by atoms with Crippen molar-refractivity contribution in [2.75, 3.05) is 19.7 Å². The first-order valence-corrected chi connectivity index (χ1v) is 6.33. The van der Waals surface area contributed by atoms with Gasteiger partial charge in [0.15, 0.2) is 0 Å². The molecule has 0 saturated carbocycles. The van der Waals surface area contributed by atoms with Gasteiger partial charge < -0.3 is 14.7 Å². The Kier molecular flexibility index (Phi) is 3.57. The normalized spacial score (nSPS) is 17.2. The zero-order valence-electron chi connectivity index (χ0n) is 10.8. The number of hydrogen-bond acceptors (Lipinski definition) is 3. The number of carbonyl (C=O) groups is 1. The van der Waals surface area contributed by atoms with Crippen LogP contribution < -0.4 is 4.74 Å². The van der Waals surface area contributed by atoms with Crippen molar-refractivity contribution in [1.29, 1.82) is 0 Å². The summed E-state index contributed by atoms with van der Waals surface area (Å²) in [4.78, 5) is 13.9. The molecule has 1 aliphatic heterocycles. The lowest BCUT2D eigenvalue weighted by Gasteiger charge is -2.46. The van der Waals surface area contributed by atoms with E-state index in [0.29, 0.717) is 37.4 Å². The molecule has 1 aromatic carbocycles. The number of carbonyl (C=O) groups excluding carboxylic acids is 1. The summed E-state index contributed by atoms with van der Waals surface area (Å²) in [6.45, 7) is 5.16. The van der Waals surface area contributed by atoms with Gasteiger partial charge in [-0.2, -0.15) is 0 Å². The third-order valence-electron chi connectivity index (χ3n) is 3.33. The summed E-state index contributed by atoms with van der Waals surface area (Å²) in [6.07, 6.45) is 0.671. The minimum absolute atomic E-state index is 0.0721. The molecular formula is C14H19NO3. The van der Waals surface area contributed by atoms with Gasteiger partial charge in [-0.1, -0.05) is 19.1 Å². The predicted octanol–water partition coefficient (Wildman–Crippen LogP) is 1.68. The van der Waals surface area contributed by atoms with Crippen molar-refractivity contribution in [1.82, 2.24) is 4.90 Å². The molecule has 1 aliphatic rings. The minimum atomic E-state index is -0.698. The van der Waals surface area contributed by atoms with Gasteiger partial charge in [0.25, 0.3) is 5.91 Å². The van der Waals surface area contributed by atoms with Crippen molar-refractivity contribution in [3.8, 4) is 5.75 Å². The lowest BCUT2D eigenvalue weighted by molar-refractivity contribution is -0.0827. The number of β-amino-alcohol motifs (C(OH)–C–C–N with tert-alkyl or cyclic N) is 1. The lowest BCUT2D eigenvalue weighted by atomic mass is 9.90. The third-order valence-corrected chi connectivity index (χ3v) is 3.33. The largest absolute Gasteiger partial charge is 0.493 e. The van der Waals surface area contributed by atoms with E-state index < -0.39 is 5.60 Å². The Bertz CT molecular complexity index is 438. The van der Waals surface area contributed by atoms with Gasteiger partial charge in [0.1, 0.15) is 5.75 Å². The molecule has 1 saturated heterocycles. The Hall–Kier alpha value is -1.55. The van der Waals surface area contributed by atoms with Crippen molar-refractivity contribution in [3.05, 3.63) is 29.8 Å². The second-order valence-electron chi connectivity index (χ2n) is 4.67. The van der Waals surface area contributed by atoms with Gasteiger partial charge in [-0.3, -0.25) is 4.79 Å². The fourth-order valence-corrected chi connectivity index (χ4v) is 2.13. The van der Waals surface area contributed by atoms with Gasteiger partial charge in [-0.15, -0.1) is 0 Å². The SMILES string of the molecule is CCOc1ccccc1C(=O)N1CC(O)(CC)C1. The standard InChI is InChI=1S/C14H19NO3/c1-3-14(17)9-15(10-14)13(16)11-7-5-6-8-12(11)18-4-2/h5-8,17H,3-4,9-10H2,1-2H3. The molecule has 1 aromatic rings. The maximum Gasteiger partial charge on any atom is 0.257 e. The van der Waals surface area contributed by atoms with E-state index >= 15 is 0 Å². The molecule has 0 aliphatic carbocycles. The van der Waals surface area contributed by atoms with Crippen molar-refractivity contribution in [2.24, 2.45) is 0 Å². The first kappa shape index (κ1) is 12.9. The molecule has 4 heteroatoms. The van der Waals surface area contributed by atoms with Crippen LogP contribution in [0.5, 0.6) is 5.75 Å². The molecule has 0 spiro atoms. The highest BCUT2D eigenvalue weighted by Crippen LogP contribution is 2.28. The smallest absolute Gasteiger partial charge is 0.257 e. The second kappa shape index (κ2) is 4.98. The topological polar surface area (TPSA) is 49.8 Å². The average molecular weight is 249 g/mol. The van der Waals surface area contributed by atoms with Crippen LogP contribution in [0.4, 0.5) is 0 Å². The second-order valence-corrected chi connectivity index (χ2v) is 4.67. The molecule has 0 atom stereocenters. The molecule has 0 radical (unpaired) electrons. The van der Waals surface area contributed by atoms with E-state index in [-0.39, 0.29) is 5.91 Å². The first-order valence-electron chi connectivity index (χ1n) is 6.33. The van der Waals surface area contributed by atoms with Gasteiger partial charge in [0.2, 0.25) is 0 Å². The number of benzene rings is 1. The number of nitrogens with zero attached hydrogens (tertiary/aromatic N) is 1. The van der Waals surface area contributed by atoms with E-state index in [4.69, 9.17) is 4.74 Å². The zero-order valence-corrected chi connectivity index (χ0v) is 10.8. The molecule has 1 N–H and O–H groups in total. The van der Waals surface area contributed by atoms with Crippen LogP contribution in [0.2, 0.25) is 0 Å². The van der Waals surface area contributed by atoms with Crippen molar-refractivity contribution >= 4 is 5.91 Å². The molecule has 1 fully saturated rings. The van der Waals surface area contributed by atoms with Crippen molar-refractivity contribution in [3.63, 3.8) is 0 Å². The Morgan fingerprint density at radius 2 is 2.06 bits per heavy atom. The first-order chi connectivity index (χ1) is 8.59. The van der Waals surface area contributed by atoms with Crippen LogP contribution in [0.3, 0.4) is 0 Å². The summed E-state index contributed by atoms with van der Waals surface area (Å²) in [5, 5.41) is 9.93. The molecule has 18 heavy (non-hydrogen) atoms. The van der Waals surface area contributed by atoms with Gasteiger partial charge in [0.05, 0.1) is 30.9 Å². The van der Waals surface area contributed by atoms with E-state index in [1.807, 2.05) is 26.0 Å². The van der Waals surface area contributed by atoms with Crippen LogP contribution in [-0.4, -0.2) is 41.2 Å². The summed E-state index contributed by atoms with van der Waals surface area (Å²) < 4.78 is 5.45. The summed E-state index contributed by atoms with van der Waals surface area (Å²) in [7, 11) is 0. The Labute approximate surface area is 107 Å². The van der Waals surface area contributed by atoms with E-state index in [2.05, 4.69) is 0 Å². The highest BCUT2D eigenvalue weighted by molar-refractivity contribution is 5.97. The number of aliphatic hydroxyl groups is 1. The average Bonchev–Trinajstić information content (AvgIpc) is 2.35. The maximum absolute atomic E-state index is 12.3. The number of amides is 1. The fraction of sp³-hybridized carbons (Fsp3) is 0.500. The molecule has 0 bridgehead atoms. The molecule has 98 valence electrons. The fourth-order valence-electron chi connectivity index (χ4n) is 2.13. The Morgan fingerprint density at radius 3 is 2.67 bits per heavy atom. The molecular weight excluding hydrogens is 230 g/mol. The highest BCUT2D eigenvalue weighted by atomic mass is 16.5. The molecule has 1 heterocycles. The zero-order chi connectivity index (χ0) is 13.2. The number of hydrogen-bond donors (Lipinski definition) is 1. The Morgan fingerprint density at radius 1 is 1.39 bits per heavy atom. The van der Waals surface area contributed by atoms with E-state index in [1.54, 1.807) is 17.0 Å². The van der Waals surface area contributed by atoms with Crippen LogP contribution in [0.1, 0.15) is 30.6 Å². The minimum Gasteiger partial charge on any atom is -0.493 e. The van der Waals surface area contributed by atoms with Crippen LogP contribution >= 0.6 is 0 Å². The van der Waals surface area contributed by atoms with Gasteiger partial charge in [-0.25, -0.2) is 0 Å². The molecule has 0 aromatic heterocycles. The number of ether oxygens (including phenoxy) is 1. The summed E-state index contributed by atoms with van der Waals surface area (Å²) >= 11 is 0. The Balaban J connectivity index is 2.11. The van der Waals surface area contributed by atoms with Crippen molar-refractivity contribution < 1.29 is 14.6 Å². The van der Waals surface area contributed by atoms with Crippen LogP contribution in [0.25, 0.3) is 0 Å². The summed E-state index contributed by atoms with van der Waals surface area (Å²) in [5.74, 6) is 0.536. The van der Waals surface area contributed by atoms with Crippen LogP contribution in [-0.2, 0) is 0 Å². The van der Waals surface area contributed by atoms with Gasteiger partial charge in [0, 0.05) is 0 Å². The molecule has 1 amide bonds. The van der Waals surface area contributed by atoms with Gasteiger partial charge >= 0.3 is 0 Å². The molecule has 4 nitrogen and oxygen atoms in total. The highest BCUT2D eigenvalue weighted by Gasteiger charge is 2.42. The number of rotatable bonds is 4. The van der Waals surface area contributed by atoms with Crippen molar-refractivity contribution in [2.45, 2.75) is 25.9 Å². The third kappa shape index (κ3) is 2.34. The molecule has 2 rings (SSSR count). The quantitative estimate of drug-likeness (QED) is 0.883.